The molecule has 0 bridgehead atoms. The highest BCUT2D eigenvalue weighted by atomic mass is 79.9. The van der Waals surface area contributed by atoms with Gasteiger partial charge < -0.3 is 20.7 Å². The second kappa shape index (κ2) is 16.1. The zero-order valence-corrected chi connectivity index (χ0v) is 29.2. The van der Waals surface area contributed by atoms with Crippen LogP contribution in [-0.2, 0) is 27.2 Å². The summed E-state index contributed by atoms with van der Waals surface area (Å²) in [4.78, 5) is 54.5. The lowest BCUT2D eigenvalue weighted by molar-refractivity contribution is -0.115. The van der Waals surface area contributed by atoms with Crippen LogP contribution in [-0.4, -0.2) is 35.5 Å². The molecule has 5 rings (SSSR count). The van der Waals surface area contributed by atoms with Gasteiger partial charge in [-0.05, 0) is 99.2 Å². The second-order valence-electron chi connectivity index (χ2n) is 10.8. The first kappa shape index (κ1) is 34.2. The van der Waals surface area contributed by atoms with Gasteiger partial charge in [0.2, 0.25) is 5.91 Å². The number of benzene rings is 3. The summed E-state index contributed by atoms with van der Waals surface area (Å²) in [5, 5.41) is 8.64. The first-order valence-corrected chi connectivity index (χ1v) is 17.7. The highest BCUT2D eigenvalue weighted by Gasteiger charge is 2.28. The molecule has 1 aliphatic rings. The Morgan fingerprint density at radius 3 is 2.45 bits per heavy atom. The summed E-state index contributed by atoms with van der Waals surface area (Å²) in [6.07, 6.45) is 5.36. The second-order valence-corrected chi connectivity index (χ2v) is 14.2. The number of anilines is 2. The van der Waals surface area contributed by atoms with Crippen molar-refractivity contribution in [1.82, 2.24) is 5.32 Å². The van der Waals surface area contributed by atoms with E-state index in [-0.39, 0.29) is 18.2 Å². The number of nitrogens with one attached hydrogen (secondary N) is 3. The fraction of sp³-hybridized carbons (Fsp3) is 0.222. The van der Waals surface area contributed by atoms with Crippen molar-refractivity contribution in [3.63, 3.8) is 0 Å². The van der Waals surface area contributed by atoms with Crippen LogP contribution in [0.4, 0.5) is 10.7 Å². The number of hydrogen-bond donors (Lipinski definition) is 3. The van der Waals surface area contributed by atoms with Crippen LogP contribution in [0, 0.1) is 0 Å². The van der Waals surface area contributed by atoms with Crippen molar-refractivity contribution in [2.75, 3.05) is 17.2 Å². The third-order valence-electron chi connectivity index (χ3n) is 7.37. The molecular weight excluding hydrogens is 698 g/mol. The van der Waals surface area contributed by atoms with Gasteiger partial charge in [-0.2, -0.15) is 0 Å². The van der Waals surface area contributed by atoms with E-state index in [0.717, 1.165) is 51.1 Å². The minimum Gasteiger partial charge on any atom is -0.462 e. The van der Waals surface area contributed by atoms with Crippen LogP contribution in [0.2, 0.25) is 0 Å². The van der Waals surface area contributed by atoms with Crippen molar-refractivity contribution < 1.29 is 23.9 Å². The Balaban J connectivity index is 1.29. The largest absolute Gasteiger partial charge is 0.462 e. The lowest BCUT2D eigenvalue weighted by atomic mass is 9.95. The molecule has 3 amide bonds. The summed E-state index contributed by atoms with van der Waals surface area (Å²) >= 11 is 6.20. The lowest BCUT2D eigenvalue weighted by Gasteiger charge is -2.15. The number of thioether (sulfide) groups is 1. The van der Waals surface area contributed by atoms with Crippen LogP contribution in [0.3, 0.4) is 0 Å². The number of fused-ring (bicyclic) bond motifs is 1. The number of amides is 3. The maximum absolute atomic E-state index is 13.5. The molecular formula is C36H34BrN3O5S2. The smallest absolute Gasteiger partial charge is 0.341 e. The van der Waals surface area contributed by atoms with Gasteiger partial charge in [-0.15, -0.1) is 23.1 Å². The first-order valence-electron chi connectivity index (χ1n) is 15.3. The molecule has 1 heterocycles. The van der Waals surface area contributed by atoms with E-state index >= 15 is 0 Å². The number of ether oxygens (including phenoxy) is 1. The van der Waals surface area contributed by atoms with Crippen molar-refractivity contribution >= 4 is 79.5 Å². The lowest BCUT2D eigenvalue weighted by Crippen LogP contribution is -2.30. The summed E-state index contributed by atoms with van der Waals surface area (Å²) < 4.78 is 6.21. The van der Waals surface area contributed by atoms with Crippen LogP contribution >= 0.6 is 39.0 Å². The normalized spacial score (nSPS) is 13.2. The molecule has 0 aliphatic heterocycles. The molecule has 1 aromatic heterocycles. The highest BCUT2D eigenvalue weighted by Crippen LogP contribution is 2.39. The molecule has 0 saturated heterocycles. The molecule has 1 aliphatic carbocycles. The van der Waals surface area contributed by atoms with Crippen LogP contribution in [0.15, 0.2) is 93.9 Å². The van der Waals surface area contributed by atoms with Gasteiger partial charge in [-0.25, -0.2) is 4.79 Å². The molecule has 0 saturated carbocycles. The van der Waals surface area contributed by atoms with Gasteiger partial charge in [0.05, 0.1) is 17.4 Å². The van der Waals surface area contributed by atoms with Gasteiger partial charge in [-0.1, -0.05) is 52.3 Å². The van der Waals surface area contributed by atoms with Crippen molar-refractivity contribution in [3.05, 3.63) is 116 Å². The summed E-state index contributed by atoms with van der Waals surface area (Å²) in [6.45, 7) is 3.82. The Kier molecular flexibility index (Phi) is 11.7. The number of halogens is 1. The SMILES string of the molecule is CCOC(=O)c1c(NC(=O)C(C)Sc2cccc(NC(=O)/C(=C\c3ccc(Br)cc3)NC(=O)c3ccccc3)c2)sc2c1CCCC2. The average molecular weight is 733 g/mol. The number of hydrogen-bond acceptors (Lipinski definition) is 7. The summed E-state index contributed by atoms with van der Waals surface area (Å²) in [5.41, 5.74) is 3.19. The fourth-order valence-electron chi connectivity index (χ4n) is 5.06. The Hall–Kier alpha value is -4.19. The van der Waals surface area contributed by atoms with E-state index in [0.29, 0.717) is 21.8 Å². The predicted molar refractivity (Wildman–Crippen MR) is 192 cm³/mol. The van der Waals surface area contributed by atoms with Gasteiger partial charge in [0.25, 0.3) is 11.8 Å². The first-order chi connectivity index (χ1) is 22.7. The third kappa shape index (κ3) is 9.00. The van der Waals surface area contributed by atoms with Gasteiger partial charge in [0.1, 0.15) is 10.7 Å². The molecule has 3 aromatic carbocycles. The van der Waals surface area contributed by atoms with Gasteiger partial charge >= 0.3 is 5.97 Å². The molecule has 3 N–H and O–H groups in total. The zero-order chi connectivity index (χ0) is 33.3. The highest BCUT2D eigenvalue weighted by molar-refractivity contribution is 9.10. The number of carbonyl (C=O) groups excluding carboxylic acids is 4. The zero-order valence-electron chi connectivity index (χ0n) is 25.9. The molecule has 0 radical (unpaired) electrons. The van der Waals surface area contributed by atoms with Crippen molar-refractivity contribution in [2.24, 2.45) is 0 Å². The van der Waals surface area contributed by atoms with Crippen LogP contribution in [0.5, 0.6) is 0 Å². The minimum absolute atomic E-state index is 0.0722. The Morgan fingerprint density at radius 1 is 0.957 bits per heavy atom. The number of esters is 1. The monoisotopic (exact) mass is 731 g/mol. The standard InChI is InChI=1S/C36H34BrN3O5S2/c1-3-45-36(44)31-28-14-7-8-15-30(28)47-35(31)40-32(41)22(2)46-27-13-9-12-26(21-27)38-34(43)29(20-23-16-18-25(37)19-17-23)39-33(42)24-10-5-4-6-11-24/h4-6,9-13,16-22H,3,7-8,14-15H2,1-2H3,(H,38,43)(H,39,42)(H,40,41)/b29-20+. The quantitative estimate of drug-likeness (QED) is 0.0817. The number of aryl methyl sites for hydroxylation is 1. The number of carbonyl (C=O) groups is 4. The summed E-state index contributed by atoms with van der Waals surface area (Å²) in [5.74, 6) is -1.55. The van der Waals surface area contributed by atoms with E-state index in [1.54, 1.807) is 62.4 Å². The maximum Gasteiger partial charge on any atom is 0.341 e. The van der Waals surface area contributed by atoms with E-state index in [2.05, 4.69) is 31.9 Å². The van der Waals surface area contributed by atoms with Crippen molar-refractivity contribution in [1.29, 1.82) is 0 Å². The predicted octanol–water partition coefficient (Wildman–Crippen LogP) is 8.10. The molecule has 4 aromatic rings. The fourth-order valence-corrected chi connectivity index (χ4v) is 7.53. The van der Waals surface area contributed by atoms with Gasteiger partial charge in [0, 0.05) is 25.5 Å². The van der Waals surface area contributed by atoms with Gasteiger partial charge in [-0.3, -0.25) is 14.4 Å². The van der Waals surface area contributed by atoms with E-state index < -0.39 is 23.0 Å². The van der Waals surface area contributed by atoms with Crippen LogP contribution in [0.1, 0.15) is 63.4 Å². The Labute approximate surface area is 290 Å². The summed E-state index contributed by atoms with van der Waals surface area (Å²) in [7, 11) is 0. The molecule has 47 heavy (non-hydrogen) atoms. The molecule has 0 fully saturated rings. The van der Waals surface area contributed by atoms with Crippen molar-refractivity contribution in [3.8, 4) is 0 Å². The molecule has 11 heteroatoms. The number of thiophene rings is 1. The minimum atomic E-state index is -0.506. The molecule has 1 unspecified atom stereocenters. The molecule has 8 nitrogen and oxygen atoms in total. The average Bonchev–Trinajstić information content (AvgIpc) is 3.44. The van der Waals surface area contributed by atoms with E-state index in [1.165, 1.54) is 23.1 Å². The summed E-state index contributed by atoms with van der Waals surface area (Å²) in [6, 6.07) is 23.2. The van der Waals surface area contributed by atoms with Crippen LogP contribution < -0.4 is 16.0 Å². The molecule has 0 spiro atoms. The molecule has 242 valence electrons. The van der Waals surface area contributed by atoms with E-state index in [9.17, 15) is 19.2 Å². The Morgan fingerprint density at radius 2 is 1.70 bits per heavy atom. The van der Waals surface area contributed by atoms with Gasteiger partial charge in [0.15, 0.2) is 0 Å². The van der Waals surface area contributed by atoms with E-state index in [4.69, 9.17) is 4.74 Å². The van der Waals surface area contributed by atoms with Crippen LogP contribution in [0.25, 0.3) is 6.08 Å². The van der Waals surface area contributed by atoms with E-state index in [1.807, 2.05) is 36.4 Å². The topological polar surface area (TPSA) is 114 Å². The maximum atomic E-state index is 13.5. The number of rotatable bonds is 11. The third-order valence-corrected chi connectivity index (χ3v) is 10.2. The molecule has 1 atom stereocenters. The van der Waals surface area contributed by atoms with Crippen molar-refractivity contribution in [2.45, 2.75) is 49.7 Å². The Bertz CT molecular complexity index is 1810.